The van der Waals surface area contributed by atoms with Gasteiger partial charge in [0.05, 0.1) is 5.69 Å². The van der Waals surface area contributed by atoms with Gasteiger partial charge in [0, 0.05) is 17.9 Å². The third-order valence-corrected chi connectivity index (χ3v) is 4.37. The molecule has 0 aliphatic carbocycles. The van der Waals surface area contributed by atoms with E-state index in [-0.39, 0.29) is 11.8 Å². The van der Waals surface area contributed by atoms with Crippen molar-refractivity contribution in [2.75, 3.05) is 5.32 Å². The normalized spacial score (nSPS) is 11.9. The zero-order valence-corrected chi connectivity index (χ0v) is 14.2. The fourth-order valence-corrected chi connectivity index (χ4v) is 3.20. The second kappa shape index (κ2) is 6.80. The van der Waals surface area contributed by atoms with Crippen molar-refractivity contribution in [3.05, 3.63) is 47.8 Å². The van der Waals surface area contributed by atoms with E-state index in [4.69, 9.17) is 0 Å². The van der Waals surface area contributed by atoms with Gasteiger partial charge in [0.2, 0.25) is 11.8 Å². The first-order valence-corrected chi connectivity index (χ1v) is 8.44. The third kappa shape index (κ3) is 3.44. The molecule has 0 aliphatic heterocycles. The molecule has 122 valence electrons. The third-order valence-electron chi connectivity index (χ3n) is 3.61. The fraction of sp³-hybridized carbons (Fsp3) is 0.167. The molecule has 1 aromatic heterocycles. The summed E-state index contributed by atoms with van der Waals surface area (Å²) in [4.78, 5) is 27.6. The van der Waals surface area contributed by atoms with Crippen LogP contribution in [0.5, 0.6) is 0 Å². The Bertz CT molecular complexity index is 899. The number of nitrogens with one attached hydrogen (secondary N) is 2. The Morgan fingerprint density at radius 1 is 1.12 bits per heavy atom. The van der Waals surface area contributed by atoms with Crippen LogP contribution in [0.2, 0.25) is 0 Å². The van der Waals surface area contributed by atoms with Crippen molar-refractivity contribution in [3.8, 4) is 11.3 Å². The molecule has 2 N–H and O–H groups in total. The van der Waals surface area contributed by atoms with Crippen LogP contribution in [0.4, 0.5) is 5.13 Å². The Hall–Kier alpha value is -2.73. The number of nitrogens with zero attached hydrogens (tertiary/aromatic N) is 1. The average Bonchev–Trinajstić information content (AvgIpc) is 3.02. The van der Waals surface area contributed by atoms with Gasteiger partial charge >= 0.3 is 0 Å². The van der Waals surface area contributed by atoms with E-state index in [9.17, 15) is 9.59 Å². The van der Waals surface area contributed by atoms with Gasteiger partial charge < -0.3 is 10.6 Å². The molecule has 5 nitrogen and oxygen atoms in total. The van der Waals surface area contributed by atoms with E-state index in [1.807, 2.05) is 29.6 Å². The summed E-state index contributed by atoms with van der Waals surface area (Å²) in [5.41, 5.74) is 1.85. The fourth-order valence-electron chi connectivity index (χ4n) is 2.49. The molecular weight excluding hydrogens is 322 g/mol. The Kier molecular flexibility index (Phi) is 4.57. The quantitative estimate of drug-likeness (QED) is 0.765. The lowest BCUT2D eigenvalue weighted by Crippen LogP contribution is -2.40. The number of carbonyl (C=O) groups is 2. The van der Waals surface area contributed by atoms with Crippen molar-refractivity contribution in [1.29, 1.82) is 0 Å². The van der Waals surface area contributed by atoms with Crippen molar-refractivity contribution < 1.29 is 9.59 Å². The minimum absolute atomic E-state index is 0.242. The maximum atomic E-state index is 12.0. The molecule has 0 saturated carbocycles. The first kappa shape index (κ1) is 16.1. The Morgan fingerprint density at radius 3 is 2.67 bits per heavy atom. The number of carbonyl (C=O) groups excluding carboxylic acids is 2. The summed E-state index contributed by atoms with van der Waals surface area (Å²) in [6, 6.07) is 13.6. The van der Waals surface area contributed by atoms with Crippen molar-refractivity contribution in [1.82, 2.24) is 10.3 Å². The molecule has 1 atom stereocenters. The smallest absolute Gasteiger partial charge is 0.248 e. The van der Waals surface area contributed by atoms with Crippen LogP contribution in [0.25, 0.3) is 22.0 Å². The molecule has 3 aromatic rings. The van der Waals surface area contributed by atoms with Gasteiger partial charge in [0.15, 0.2) is 5.13 Å². The van der Waals surface area contributed by atoms with Crippen LogP contribution in [0, 0.1) is 0 Å². The summed E-state index contributed by atoms with van der Waals surface area (Å²) >= 11 is 1.36. The van der Waals surface area contributed by atoms with Gasteiger partial charge in [-0.3, -0.25) is 9.59 Å². The minimum Gasteiger partial charge on any atom is -0.345 e. The predicted molar refractivity (Wildman–Crippen MR) is 97.0 cm³/mol. The lowest BCUT2D eigenvalue weighted by atomic mass is 10.0. The Labute approximate surface area is 143 Å². The topological polar surface area (TPSA) is 71.1 Å². The van der Waals surface area contributed by atoms with Gasteiger partial charge in [-0.1, -0.05) is 42.5 Å². The zero-order valence-electron chi connectivity index (χ0n) is 13.4. The lowest BCUT2D eigenvalue weighted by Gasteiger charge is -2.10. The predicted octanol–water partition coefficient (Wildman–Crippen LogP) is 3.43. The van der Waals surface area contributed by atoms with Gasteiger partial charge in [-0.05, 0) is 17.7 Å². The van der Waals surface area contributed by atoms with Crippen molar-refractivity contribution in [2.24, 2.45) is 0 Å². The Balaban J connectivity index is 1.83. The highest BCUT2D eigenvalue weighted by molar-refractivity contribution is 7.14. The second-order valence-electron chi connectivity index (χ2n) is 5.48. The maximum Gasteiger partial charge on any atom is 0.248 e. The molecule has 2 amide bonds. The maximum absolute atomic E-state index is 12.0. The molecular formula is C18H17N3O2S. The molecule has 1 heterocycles. The first-order valence-electron chi connectivity index (χ1n) is 7.56. The summed E-state index contributed by atoms with van der Waals surface area (Å²) in [7, 11) is 0. The molecule has 0 radical (unpaired) electrons. The van der Waals surface area contributed by atoms with Crippen LogP contribution < -0.4 is 10.6 Å². The summed E-state index contributed by atoms with van der Waals surface area (Å²) in [6.07, 6.45) is 0. The standard InChI is InChI=1S/C18H17N3O2S/c1-11(19-12(2)22)17(23)21-18-20-16(10-24-18)15-9-5-7-13-6-3-4-8-14(13)15/h3-11H,1-2H3,(H,19,22)(H,20,21,23). The van der Waals surface area contributed by atoms with Gasteiger partial charge in [0.25, 0.3) is 0 Å². The number of fused-ring (bicyclic) bond motifs is 1. The highest BCUT2D eigenvalue weighted by atomic mass is 32.1. The van der Waals surface area contributed by atoms with Crippen LogP contribution in [0.15, 0.2) is 47.8 Å². The number of anilines is 1. The molecule has 0 spiro atoms. The minimum atomic E-state index is -0.604. The molecule has 6 heteroatoms. The number of hydrogen-bond acceptors (Lipinski definition) is 4. The van der Waals surface area contributed by atoms with E-state index in [1.54, 1.807) is 6.92 Å². The molecule has 0 saturated heterocycles. The van der Waals surface area contributed by atoms with E-state index in [1.165, 1.54) is 18.3 Å². The number of amides is 2. The molecule has 1 unspecified atom stereocenters. The van der Waals surface area contributed by atoms with E-state index in [2.05, 4.69) is 33.8 Å². The van der Waals surface area contributed by atoms with Crippen LogP contribution in [0.1, 0.15) is 13.8 Å². The monoisotopic (exact) mass is 339 g/mol. The van der Waals surface area contributed by atoms with Gasteiger partial charge in [0.1, 0.15) is 6.04 Å². The summed E-state index contributed by atoms with van der Waals surface area (Å²) < 4.78 is 0. The molecule has 24 heavy (non-hydrogen) atoms. The molecule has 3 rings (SSSR count). The first-order chi connectivity index (χ1) is 11.5. The highest BCUT2D eigenvalue weighted by Gasteiger charge is 2.16. The van der Waals surface area contributed by atoms with Gasteiger partial charge in [-0.25, -0.2) is 4.98 Å². The largest absolute Gasteiger partial charge is 0.345 e. The zero-order chi connectivity index (χ0) is 17.1. The number of rotatable bonds is 4. The van der Waals surface area contributed by atoms with E-state index < -0.39 is 6.04 Å². The molecule has 0 aliphatic rings. The van der Waals surface area contributed by atoms with E-state index in [0.717, 1.165) is 22.0 Å². The summed E-state index contributed by atoms with van der Waals surface area (Å²) in [5, 5.41) is 9.99. The lowest BCUT2D eigenvalue weighted by molar-refractivity contribution is -0.124. The number of hydrogen-bond donors (Lipinski definition) is 2. The van der Waals surface area contributed by atoms with E-state index >= 15 is 0 Å². The SMILES string of the molecule is CC(=O)NC(C)C(=O)Nc1nc(-c2cccc3ccccc23)cs1. The van der Waals surface area contributed by atoms with Crippen LogP contribution in [-0.2, 0) is 9.59 Å². The summed E-state index contributed by atoms with van der Waals surface area (Å²) in [6.45, 7) is 3.02. The number of aromatic nitrogens is 1. The van der Waals surface area contributed by atoms with Crippen LogP contribution >= 0.6 is 11.3 Å². The summed E-state index contributed by atoms with van der Waals surface area (Å²) in [5.74, 6) is -0.530. The van der Waals surface area contributed by atoms with Crippen LogP contribution in [-0.4, -0.2) is 22.8 Å². The van der Waals surface area contributed by atoms with Gasteiger partial charge in [-0.2, -0.15) is 0 Å². The highest BCUT2D eigenvalue weighted by Crippen LogP contribution is 2.30. The molecule has 2 aromatic carbocycles. The van der Waals surface area contributed by atoms with E-state index in [0.29, 0.717) is 5.13 Å². The van der Waals surface area contributed by atoms with Crippen molar-refractivity contribution >= 4 is 39.1 Å². The second-order valence-corrected chi connectivity index (χ2v) is 6.33. The Morgan fingerprint density at radius 2 is 1.88 bits per heavy atom. The van der Waals surface area contributed by atoms with Gasteiger partial charge in [-0.15, -0.1) is 11.3 Å². The van der Waals surface area contributed by atoms with Crippen molar-refractivity contribution in [2.45, 2.75) is 19.9 Å². The van der Waals surface area contributed by atoms with Crippen LogP contribution in [0.3, 0.4) is 0 Å². The number of benzene rings is 2. The van der Waals surface area contributed by atoms with Crippen molar-refractivity contribution in [3.63, 3.8) is 0 Å². The molecule has 0 bridgehead atoms. The number of thiazole rings is 1. The molecule has 0 fully saturated rings. The average molecular weight is 339 g/mol.